The number of morpholine rings is 1. The first-order chi connectivity index (χ1) is 10.7. The molecule has 1 aromatic rings. The number of ether oxygens (including phenoxy) is 2. The molecule has 0 radical (unpaired) electrons. The second-order valence-corrected chi connectivity index (χ2v) is 5.53. The number of nitrogens with one attached hydrogen (secondary N) is 1. The van der Waals surface area contributed by atoms with Crippen molar-refractivity contribution >= 4 is 17.5 Å². The monoisotopic (exact) mass is 305 g/mol. The molecule has 2 fully saturated rings. The van der Waals surface area contributed by atoms with Crippen molar-refractivity contribution in [1.29, 1.82) is 0 Å². The van der Waals surface area contributed by atoms with E-state index in [1.54, 1.807) is 18.2 Å². The van der Waals surface area contributed by atoms with Crippen molar-refractivity contribution in [2.45, 2.75) is 19.4 Å². The van der Waals surface area contributed by atoms with Crippen LogP contribution in [0.2, 0.25) is 0 Å². The minimum absolute atomic E-state index is 0.115. The van der Waals surface area contributed by atoms with Gasteiger partial charge in [-0.25, -0.2) is 4.90 Å². The molecule has 22 heavy (non-hydrogen) atoms. The molecular formula is C16H21N2O4+. The van der Waals surface area contributed by atoms with Crippen molar-refractivity contribution in [3.05, 3.63) is 24.3 Å². The molecule has 0 aromatic heterocycles. The summed E-state index contributed by atoms with van der Waals surface area (Å²) in [6.45, 7) is 5.29. The molecule has 6 heteroatoms. The van der Waals surface area contributed by atoms with Gasteiger partial charge in [0.15, 0.2) is 6.04 Å². The van der Waals surface area contributed by atoms with Gasteiger partial charge in [-0.05, 0) is 19.1 Å². The number of hydrogen-bond donors (Lipinski definition) is 1. The second-order valence-electron chi connectivity index (χ2n) is 5.53. The Bertz CT molecular complexity index is 569. The highest BCUT2D eigenvalue weighted by molar-refractivity contribution is 6.21. The Hall–Kier alpha value is -1.92. The number of carbonyl (C=O) groups is 2. The van der Waals surface area contributed by atoms with Crippen molar-refractivity contribution in [2.24, 2.45) is 0 Å². The highest BCUT2D eigenvalue weighted by Gasteiger charge is 2.46. The van der Waals surface area contributed by atoms with E-state index in [-0.39, 0.29) is 24.3 Å². The molecule has 1 N–H and O–H groups in total. The van der Waals surface area contributed by atoms with Crippen LogP contribution >= 0.6 is 0 Å². The van der Waals surface area contributed by atoms with Crippen molar-refractivity contribution in [1.82, 2.24) is 0 Å². The van der Waals surface area contributed by atoms with E-state index in [9.17, 15) is 9.59 Å². The maximum absolute atomic E-state index is 12.7. The summed E-state index contributed by atoms with van der Waals surface area (Å²) < 4.78 is 10.8. The summed E-state index contributed by atoms with van der Waals surface area (Å²) in [6.07, 6.45) is 0.271. The van der Waals surface area contributed by atoms with Crippen molar-refractivity contribution in [3.8, 4) is 5.75 Å². The number of rotatable bonds is 4. The third-order valence-electron chi connectivity index (χ3n) is 4.16. The van der Waals surface area contributed by atoms with Crippen molar-refractivity contribution in [2.75, 3.05) is 37.8 Å². The summed E-state index contributed by atoms with van der Waals surface area (Å²) in [5, 5.41) is 0. The third-order valence-corrected chi connectivity index (χ3v) is 4.16. The van der Waals surface area contributed by atoms with Gasteiger partial charge in [-0.3, -0.25) is 9.59 Å². The van der Waals surface area contributed by atoms with E-state index >= 15 is 0 Å². The van der Waals surface area contributed by atoms with Gasteiger partial charge in [0.1, 0.15) is 18.8 Å². The molecule has 0 spiro atoms. The molecule has 2 saturated heterocycles. The molecule has 2 aliphatic rings. The largest absolute Gasteiger partial charge is 0.494 e. The molecule has 1 aromatic carbocycles. The molecule has 1 unspecified atom stereocenters. The zero-order valence-electron chi connectivity index (χ0n) is 12.7. The predicted molar refractivity (Wildman–Crippen MR) is 80.0 cm³/mol. The maximum Gasteiger partial charge on any atom is 0.292 e. The molecule has 0 aliphatic carbocycles. The summed E-state index contributed by atoms with van der Waals surface area (Å²) in [7, 11) is 0. The van der Waals surface area contributed by atoms with Gasteiger partial charge in [0.2, 0.25) is 5.91 Å². The number of hydrogen-bond acceptors (Lipinski definition) is 4. The Morgan fingerprint density at radius 2 is 2.09 bits per heavy atom. The van der Waals surface area contributed by atoms with Crippen molar-refractivity contribution in [3.63, 3.8) is 0 Å². The number of imide groups is 1. The maximum atomic E-state index is 12.7. The van der Waals surface area contributed by atoms with E-state index in [1.165, 1.54) is 4.90 Å². The molecule has 3 rings (SSSR count). The number of anilines is 1. The first-order valence-electron chi connectivity index (χ1n) is 7.72. The van der Waals surface area contributed by atoms with Gasteiger partial charge in [0.05, 0.1) is 31.9 Å². The van der Waals surface area contributed by atoms with Crippen LogP contribution in [0.5, 0.6) is 5.75 Å². The Morgan fingerprint density at radius 3 is 2.82 bits per heavy atom. The molecule has 118 valence electrons. The van der Waals surface area contributed by atoms with Crippen LogP contribution in [0.3, 0.4) is 0 Å². The average Bonchev–Trinajstić information content (AvgIpc) is 2.84. The highest BCUT2D eigenvalue weighted by Crippen LogP contribution is 2.26. The summed E-state index contributed by atoms with van der Waals surface area (Å²) in [4.78, 5) is 27.5. The van der Waals surface area contributed by atoms with E-state index < -0.39 is 0 Å². The zero-order chi connectivity index (χ0) is 15.5. The number of carbonyl (C=O) groups excluding carboxylic acids is 2. The number of quaternary nitrogens is 1. The molecule has 2 heterocycles. The fourth-order valence-corrected chi connectivity index (χ4v) is 3.08. The Balaban J connectivity index is 1.80. The van der Waals surface area contributed by atoms with E-state index in [4.69, 9.17) is 9.47 Å². The van der Waals surface area contributed by atoms with E-state index in [1.807, 2.05) is 13.0 Å². The van der Waals surface area contributed by atoms with Gasteiger partial charge in [-0.15, -0.1) is 0 Å². The number of amides is 2. The topological polar surface area (TPSA) is 60.3 Å². The van der Waals surface area contributed by atoms with E-state index in [0.717, 1.165) is 18.0 Å². The van der Waals surface area contributed by atoms with Gasteiger partial charge in [-0.2, -0.15) is 0 Å². The predicted octanol–water partition coefficient (Wildman–Crippen LogP) is -0.368. The lowest BCUT2D eigenvalue weighted by atomic mass is 10.2. The van der Waals surface area contributed by atoms with Crippen LogP contribution in [0, 0.1) is 0 Å². The smallest absolute Gasteiger partial charge is 0.292 e. The Labute approximate surface area is 129 Å². The quantitative estimate of drug-likeness (QED) is 0.771. The van der Waals surface area contributed by atoms with Gasteiger partial charge in [0.25, 0.3) is 5.91 Å². The van der Waals surface area contributed by atoms with Crippen LogP contribution in [0.1, 0.15) is 13.3 Å². The lowest BCUT2D eigenvalue weighted by Crippen LogP contribution is -3.18. The SMILES string of the molecule is CCOc1cccc(N2C(=O)CC([NH+]3CCOCC3)C2=O)c1. The molecule has 2 amide bonds. The first kappa shape index (κ1) is 15.0. The molecular weight excluding hydrogens is 284 g/mol. The first-order valence-corrected chi connectivity index (χ1v) is 7.72. The lowest BCUT2D eigenvalue weighted by Gasteiger charge is -2.27. The van der Waals surface area contributed by atoms with Gasteiger partial charge >= 0.3 is 0 Å². The van der Waals surface area contributed by atoms with Crippen LogP contribution in [0.25, 0.3) is 0 Å². The van der Waals surface area contributed by atoms with Gasteiger partial charge in [0, 0.05) is 6.07 Å². The van der Waals surface area contributed by atoms with Crippen LogP contribution in [0.15, 0.2) is 24.3 Å². The number of benzene rings is 1. The van der Waals surface area contributed by atoms with E-state index in [2.05, 4.69) is 0 Å². The minimum Gasteiger partial charge on any atom is -0.494 e. The number of nitrogens with zero attached hydrogens (tertiary/aromatic N) is 1. The van der Waals surface area contributed by atoms with Gasteiger partial charge in [-0.1, -0.05) is 6.07 Å². The Kier molecular flexibility index (Phi) is 4.40. The standard InChI is InChI=1S/C16H20N2O4/c1-2-22-13-5-3-4-12(10-13)18-15(19)11-14(16(18)20)17-6-8-21-9-7-17/h3-5,10,14H,2,6-9,11H2,1H3/p+1. The molecule has 0 bridgehead atoms. The molecule has 2 aliphatic heterocycles. The molecule has 0 saturated carbocycles. The summed E-state index contributed by atoms with van der Waals surface area (Å²) in [5.74, 6) is 0.418. The minimum atomic E-state index is -0.285. The van der Waals surface area contributed by atoms with Gasteiger partial charge < -0.3 is 14.4 Å². The summed E-state index contributed by atoms with van der Waals surface area (Å²) in [5.41, 5.74) is 0.594. The van der Waals surface area contributed by atoms with Crippen LogP contribution in [-0.2, 0) is 14.3 Å². The van der Waals surface area contributed by atoms with Crippen LogP contribution in [0.4, 0.5) is 5.69 Å². The fraction of sp³-hybridized carbons (Fsp3) is 0.500. The third kappa shape index (κ3) is 2.84. The van der Waals surface area contributed by atoms with Crippen LogP contribution < -0.4 is 14.5 Å². The van der Waals surface area contributed by atoms with E-state index in [0.29, 0.717) is 31.3 Å². The molecule has 6 nitrogen and oxygen atoms in total. The van der Waals surface area contributed by atoms with Crippen LogP contribution in [-0.4, -0.2) is 50.8 Å². The summed E-state index contributed by atoms with van der Waals surface area (Å²) in [6, 6.07) is 6.86. The van der Waals surface area contributed by atoms with Crippen molar-refractivity contribution < 1.29 is 24.0 Å². The fourth-order valence-electron chi connectivity index (χ4n) is 3.08. The second kappa shape index (κ2) is 6.46. The lowest BCUT2D eigenvalue weighted by molar-refractivity contribution is -0.922. The molecule has 1 atom stereocenters. The normalized spacial score (nSPS) is 23.1. The zero-order valence-corrected chi connectivity index (χ0v) is 12.7. The highest BCUT2D eigenvalue weighted by atomic mass is 16.5. The summed E-state index contributed by atoms with van der Waals surface area (Å²) >= 11 is 0. The Morgan fingerprint density at radius 1 is 1.32 bits per heavy atom. The average molecular weight is 305 g/mol.